The molecule has 3 rings (SSSR count). The molecule has 0 aromatic heterocycles. The molecule has 1 aliphatic heterocycles. The summed E-state index contributed by atoms with van der Waals surface area (Å²) < 4.78 is 0.346. The van der Waals surface area contributed by atoms with Gasteiger partial charge in [-0.1, -0.05) is 53.8 Å². The SMILES string of the molecule is Cc1ccc(N2C(=O)/C(=C/c3ccc(Cl)cc3)SC2=S)cc1C(=O)[O-]. The van der Waals surface area contributed by atoms with Crippen molar-refractivity contribution in [2.45, 2.75) is 6.92 Å². The Kier molecular flexibility index (Phi) is 4.94. The summed E-state index contributed by atoms with van der Waals surface area (Å²) in [5.41, 5.74) is 1.83. The first-order valence-corrected chi connectivity index (χ1v) is 8.82. The van der Waals surface area contributed by atoms with Gasteiger partial charge in [-0.15, -0.1) is 0 Å². The molecule has 0 bridgehead atoms. The summed E-state index contributed by atoms with van der Waals surface area (Å²) in [6.45, 7) is 1.67. The predicted molar refractivity (Wildman–Crippen MR) is 103 cm³/mol. The van der Waals surface area contributed by atoms with Crippen molar-refractivity contribution >= 4 is 63.5 Å². The Morgan fingerprint density at radius 1 is 1.24 bits per heavy atom. The first kappa shape index (κ1) is 17.7. The molecule has 7 heteroatoms. The maximum absolute atomic E-state index is 12.7. The summed E-state index contributed by atoms with van der Waals surface area (Å²) >= 11 is 12.3. The Morgan fingerprint density at radius 3 is 2.56 bits per heavy atom. The monoisotopic (exact) mass is 388 g/mol. The minimum atomic E-state index is -1.29. The predicted octanol–water partition coefficient (Wildman–Crippen LogP) is 3.42. The van der Waals surface area contributed by atoms with E-state index in [2.05, 4.69) is 0 Å². The second-order valence-corrected chi connectivity index (χ2v) is 7.47. The lowest BCUT2D eigenvalue weighted by Gasteiger charge is -2.17. The largest absolute Gasteiger partial charge is 0.545 e. The number of hydrogen-bond donors (Lipinski definition) is 0. The van der Waals surface area contributed by atoms with E-state index in [0.717, 1.165) is 5.56 Å². The number of carbonyl (C=O) groups is 2. The Hall–Kier alpha value is -2.15. The van der Waals surface area contributed by atoms with E-state index in [4.69, 9.17) is 23.8 Å². The van der Waals surface area contributed by atoms with Gasteiger partial charge in [0.2, 0.25) is 0 Å². The van der Waals surface area contributed by atoms with Crippen LogP contribution in [0.3, 0.4) is 0 Å². The summed E-state index contributed by atoms with van der Waals surface area (Å²) in [5, 5.41) is 11.8. The van der Waals surface area contributed by atoms with E-state index in [-0.39, 0.29) is 11.5 Å². The number of aryl methyl sites for hydroxylation is 1. The van der Waals surface area contributed by atoms with Gasteiger partial charge in [0.25, 0.3) is 5.91 Å². The summed E-state index contributed by atoms with van der Waals surface area (Å²) in [4.78, 5) is 25.7. The van der Waals surface area contributed by atoms with Crippen LogP contribution in [0.25, 0.3) is 6.08 Å². The molecular weight excluding hydrogens is 378 g/mol. The molecule has 0 atom stereocenters. The van der Waals surface area contributed by atoms with Crippen molar-refractivity contribution in [3.8, 4) is 0 Å². The van der Waals surface area contributed by atoms with Crippen LogP contribution in [0.15, 0.2) is 47.4 Å². The maximum Gasteiger partial charge on any atom is 0.270 e. The molecule has 2 aromatic carbocycles. The number of carboxylic acid groups (broad SMARTS) is 1. The number of rotatable bonds is 3. The molecule has 1 saturated heterocycles. The zero-order chi connectivity index (χ0) is 18.1. The number of halogens is 1. The van der Waals surface area contributed by atoms with E-state index in [0.29, 0.717) is 25.5 Å². The highest BCUT2D eigenvalue weighted by Gasteiger charge is 2.33. The van der Waals surface area contributed by atoms with Crippen LogP contribution in [0.4, 0.5) is 5.69 Å². The molecular formula is C18H11ClNO3S2-. The van der Waals surface area contributed by atoms with Gasteiger partial charge in [-0.3, -0.25) is 9.69 Å². The highest BCUT2D eigenvalue weighted by atomic mass is 35.5. The molecule has 0 unspecified atom stereocenters. The van der Waals surface area contributed by atoms with Gasteiger partial charge in [0.1, 0.15) is 0 Å². The molecule has 0 spiro atoms. The fraction of sp³-hybridized carbons (Fsp3) is 0.0556. The van der Waals surface area contributed by atoms with Gasteiger partial charge in [-0.2, -0.15) is 0 Å². The van der Waals surface area contributed by atoms with Crippen molar-refractivity contribution in [3.63, 3.8) is 0 Å². The third-order valence-electron chi connectivity index (χ3n) is 3.66. The van der Waals surface area contributed by atoms with Crippen LogP contribution in [-0.4, -0.2) is 16.2 Å². The zero-order valence-corrected chi connectivity index (χ0v) is 15.4. The van der Waals surface area contributed by atoms with Crippen LogP contribution in [0.5, 0.6) is 0 Å². The quantitative estimate of drug-likeness (QED) is 0.595. The number of carboxylic acids is 1. The van der Waals surface area contributed by atoms with Gasteiger partial charge in [-0.25, -0.2) is 0 Å². The van der Waals surface area contributed by atoms with Gasteiger partial charge >= 0.3 is 0 Å². The molecule has 1 amide bonds. The number of amides is 1. The van der Waals surface area contributed by atoms with Gasteiger partial charge in [0.05, 0.1) is 16.6 Å². The molecule has 25 heavy (non-hydrogen) atoms. The minimum Gasteiger partial charge on any atom is -0.545 e. The normalized spacial score (nSPS) is 15.9. The number of benzene rings is 2. The van der Waals surface area contributed by atoms with Gasteiger partial charge in [0, 0.05) is 10.6 Å². The number of thioether (sulfide) groups is 1. The fourth-order valence-corrected chi connectivity index (χ4v) is 3.79. The Morgan fingerprint density at radius 2 is 1.92 bits per heavy atom. The van der Waals surface area contributed by atoms with Crippen LogP contribution in [0.1, 0.15) is 21.5 Å². The standard InChI is InChI=1S/C18H12ClNO3S2/c1-10-2-7-13(9-14(10)17(22)23)20-16(21)15(25-18(20)24)8-11-3-5-12(19)6-4-11/h2-9H,1H3,(H,22,23)/p-1/b15-8-. The lowest BCUT2D eigenvalue weighted by molar-refractivity contribution is -0.255. The Balaban J connectivity index is 1.95. The third kappa shape index (κ3) is 3.61. The van der Waals surface area contributed by atoms with Crippen LogP contribution < -0.4 is 10.0 Å². The second kappa shape index (κ2) is 7.00. The van der Waals surface area contributed by atoms with Crippen LogP contribution in [0, 0.1) is 6.92 Å². The van der Waals surface area contributed by atoms with E-state index in [9.17, 15) is 14.7 Å². The summed E-state index contributed by atoms with van der Waals surface area (Å²) in [6, 6.07) is 11.8. The molecule has 0 saturated carbocycles. The van der Waals surface area contributed by atoms with Crippen molar-refractivity contribution in [2.24, 2.45) is 0 Å². The maximum atomic E-state index is 12.7. The lowest BCUT2D eigenvalue weighted by atomic mass is 10.1. The molecule has 0 N–H and O–H groups in total. The van der Waals surface area contributed by atoms with E-state index >= 15 is 0 Å². The Labute approximate surface area is 159 Å². The number of hydrogen-bond acceptors (Lipinski definition) is 5. The second-order valence-electron chi connectivity index (χ2n) is 5.36. The molecule has 1 aliphatic rings. The van der Waals surface area contributed by atoms with Crippen molar-refractivity contribution < 1.29 is 14.7 Å². The summed E-state index contributed by atoms with van der Waals surface area (Å²) in [6.07, 6.45) is 1.73. The zero-order valence-electron chi connectivity index (χ0n) is 13.0. The first-order valence-electron chi connectivity index (χ1n) is 7.22. The number of carbonyl (C=O) groups excluding carboxylic acids is 2. The molecule has 4 nitrogen and oxygen atoms in total. The van der Waals surface area contributed by atoms with Crippen LogP contribution in [0.2, 0.25) is 5.02 Å². The number of anilines is 1. The fourth-order valence-electron chi connectivity index (χ4n) is 2.37. The highest BCUT2D eigenvalue weighted by molar-refractivity contribution is 8.27. The van der Waals surface area contributed by atoms with Gasteiger partial charge < -0.3 is 9.90 Å². The van der Waals surface area contributed by atoms with E-state index in [1.54, 1.807) is 49.4 Å². The van der Waals surface area contributed by atoms with Crippen molar-refractivity contribution in [1.82, 2.24) is 0 Å². The topological polar surface area (TPSA) is 60.4 Å². The highest BCUT2D eigenvalue weighted by Crippen LogP contribution is 2.36. The molecule has 1 heterocycles. The van der Waals surface area contributed by atoms with E-state index in [1.807, 2.05) is 0 Å². The molecule has 0 aliphatic carbocycles. The average Bonchev–Trinajstić information content (AvgIpc) is 2.84. The minimum absolute atomic E-state index is 0.0354. The van der Waals surface area contributed by atoms with Crippen molar-refractivity contribution in [1.29, 1.82) is 0 Å². The summed E-state index contributed by atoms with van der Waals surface area (Å²) in [5.74, 6) is -1.58. The lowest BCUT2D eigenvalue weighted by Crippen LogP contribution is -2.29. The molecule has 1 fully saturated rings. The number of nitrogens with zero attached hydrogens (tertiary/aromatic N) is 1. The van der Waals surface area contributed by atoms with Crippen molar-refractivity contribution in [3.05, 3.63) is 69.1 Å². The number of thiocarbonyl (C=S) groups is 1. The molecule has 2 aromatic rings. The average molecular weight is 389 g/mol. The Bertz CT molecular complexity index is 922. The number of aromatic carboxylic acids is 1. The van der Waals surface area contributed by atoms with Gasteiger partial charge in [-0.05, 0) is 48.4 Å². The molecule has 126 valence electrons. The van der Waals surface area contributed by atoms with Crippen LogP contribution in [-0.2, 0) is 4.79 Å². The molecule has 0 radical (unpaired) electrons. The van der Waals surface area contributed by atoms with E-state index < -0.39 is 5.97 Å². The summed E-state index contributed by atoms with van der Waals surface area (Å²) in [7, 11) is 0. The smallest absolute Gasteiger partial charge is 0.270 e. The van der Waals surface area contributed by atoms with Crippen molar-refractivity contribution in [2.75, 3.05) is 4.90 Å². The first-order chi connectivity index (χ1) is 11.9. The van der Waals surface area contributed by atoms with Gasteiger partial charge in [0.15, 0.2) is 4.32 Å². The van der Waals surface area contributed by atoms with Crippen LogP contribution >= 0.6 is 35.6 Å². The van der Waals surface area contributed by atoms with E-state index in [1.165, 1.54) is 22.7 Å². The third-order valence-corrected chi connectivity index (χ3v) is 5.21.